The Morgan fingerprint density at radius 2 is 1.67 bits per heavy atom. The Balaban J connectivity index is 0.00000196. The molecule has 1 nitrogen and oxygen atoms in total. The third kappa shape index (κ3) is 3.72. The normalized spacial score (nSPS) is 12.1. The monoisotopic (exact) mass is 239 g/mol. The first-order valence-electron chi connectivity index (χ1n) is 4.43. The van der Waals surface area contributed by atoms with Gasteiger partial charge in [-0.15, -0.1) is 12.4 Å². The van der Waals surface area contributed by atoms with E-state index in [-0.39, 0.29) is 30.4 Å². The van der Waals surface area contributed by atoms with Crippen molar-refractivity contribution in [1.29, 1.82) is 0 Å². The van der Waals surface area contributed by atoms with Crippen molar-refractivity contribution in [1.82, 2.24) is 0 Å². The zero-order valence-corrected chi connectivity index (χ0v) is 9.08. The molecule has 5 heteroatoms. The molecule has 1 atom stereocenters. The molecular weight excluding hydrogens is 227 g/mol. The molecule has 0 aliphatic heterocycles. The van der Waals surface area contributed by atoms with Gasteiger partial charge in [-0.1, -0.05) is 6.92 Å². The first kappa shape index (κ1) is 14.3. The molecule has 0 saturated carbocycles. The summed E-state index contributed by atoms with van der Waals surface area (Å²) in [7, 11) is 0. The summed E-state index contributed by atoms with van der Waals surface area (Å²) in [6.07, 6.45) is 0.887. The summed E-state index contributed by atoms with van der Waals surface area (Å²) >= 11 is 0. The number of halogens is 4. The lowest BCUT2D eigenvalue weighted by molar-refractivity contribution is 0.486. The van der Waals surface area contributed by atoms with E-state index in [0.29, 0.717) is 12.5 Å². The summed E-state index contributed by atoms with van der Waals surface area (Å²) in [4.78, 5) is 0. The molecule has 0 aliphatic rings. The molecule has 2 N–H and O–H groups in total. The van der Waals surface area contributed by atoms with Crippen molar-refractivity contribution in [2.24, 2.45) is 5.73 Å². The van der Waals surface area contributed by atoms with E-state index < -0.39 is 17.5 Å². The van der Waals surface area contributed by atoms with Gasteiger partial charge in [-0.25, -0.2) is 13.2 Å². The fourth-order valence-electron chi connectivity index (χ4n) is 1.15. The molecule has 86 valence electrons. The third-order valence-electron chi connectivity index (χ3n) is 2.10. The molecule has 1 unspecified atom stereocenters. The molecular formula is C10H13ClF3N. The highest BCUT2D eigenvalue weighted by atomic mass is 35.5. The van der Waals surface area contributed by atoms with Crippen molar-refractivity contribution < 1.29 is 13.2 Å². The van der Waals surface area contributed by atoms with E-state index in [1.54, 1.807) is 0 Å². The molecule has 0 heterocycles. The summed E-state index contributed by atoms with van der Waals surface area (Å²) in [5.74, 6) is -2.95. The van der Waals surface area contributed by atoms with Crippen LogP contribution in [0.25, 0.3) is 0 Å². The fourth-order valence-corrected chi connectivity index (χ4v) is 1.15. The van der Waals surface area contributed by atoms with Crippen molar-refractivity contribution in [3.05, 3.63) is 35.1 Å². The zero-order valence-electron chi connectivity index (χ0n) is 8.27. The first-order chi connectivity index (χ1) is 6.54. The van der Waals surface area contributed by atoms with E-state index in [2.05, 4.69) is 0 Å². The molecule has 0 radical (unpaired) electrons. The van der Waals surface area contributed by atoms with Gasteiger partial charge in [-0.2, -0.15) is 0 Å². The summed E-state index contributed by atoms with van der Waals surface area (Å²) in [5, 5.41) is 0. The SMILES string of the molecule is CCC(N)Cc1cc(F)c(F)cc1F.Cl. The maximum Gasteiger partial charge on any atom is 0.161 e. The Labute approximate surface area is 92.9 Å². The number of nitrogens with two attached hydrogens (primary N) is 1. The van der Waals surface area contributed by atoms with Crippen molar-refractivity contribution in [2.45, 2.75) is 25.8 Å². The number of rotatable bonds is 3. The second-order valence-corrected chi connectivity index (χ2v) is 3.23. The van der Waals surface area contributed by atoms with Gasteiger partial charge < -0.3 is 5.73 Å². The second kappa shape index (κ2) is 5.98. The highest BCUT2D eigenvalue weighted by molar-refractivity contribution is 5.85. The van der Waals surface area contributed by atoms with E-state index >= 15 is 0 Å². The molecule has 1 aromatic rings. The molecule has 0 fully saturated rings. The Hall–Kier alpha value is -0.740. The third-order valence-corrected chi connectivity index (χ3v) is 2.10. The summed E-state index contributed by atoms with van der Waals surface area (Å²) in [5.41, 5.74) is 5.70. The van der Waals surface area contributed by atoms with Gasteiger partial charge in [0.1, 0.15) is 5.82 Å². The summed E-state index contributed by atoms with van der Waals surface area (Å²) < 4.78 is 38.3. The predicted octanol–water partition coefficient (Wildman–Crippen LogP) is 2.81. The second-order valence-electron chi connectivity index (χ2n) is 3.23. The Kier molecular flexibility index (Phi) is 5.68. The Morgan fingerprint density at radius 1 is 1.13 bits per heavy atom. The van der Waals surface area contributed by atoms with Gasteiger partial charge in [0.25, 0.3) is 0 Å². The van der Waals surface area contributed by atoms with Crippen molar-refractivity contribution in [3.63, 3.8) is 0 Å². The average Bonchev–Trinajstić information content (AvgIpc) is 2.14. The quantitative estimate of drug-likeness (QED) is 0.807. The molecule has 15 heavy (non-hydrogen) atoms. The van der Waals surface area contributed by atoms with Crippen LogP contribution in [-0.2, 0) is 6.42 Å². The molecule has 1 rings (SSSR count). The van der Waals surface area contributed by atoms with Crippen LogP contribution < -0.4 is 5.73 Å². The van der Waals surface area contributed by atoms with Crippen molar-refractivity contribution >= 4 is 12.4 Å². The minimum atomic E-state index is -1.17. The molecule has 0 saturated heterocycles. The van der Waals surface area contributed by atoms with Gasteiger partial charge in [0, 0.05) is 12.1 Å². The number of hydrogen-bond acceptors (Lipinski definition) is 1. The van der Waals surface area contributed by atoms with E-state index in [4.69, 9.17) is 5.73 Å². The maximum absolute atomic E-state index is 13.1. The highest BCUT2D eigenvalue weighted by Gasteiger charge is 2.11. The van der Waals surface area contributed by atoms with Crippen LogP contribution in [0.15, 0.2) is 12.1 Å². The molecule has 0 aromatic heterocycles. The lowest BCUT2D eigenvalue weighted by Crippen LogP contribution is -2.22. The van der Waals surface area contributed by atoms with Gasteiger partial charge in [0.2, 0.25) is 0 Å². The molecule has 0 spiro atoms. The Morgan fingerprint density at radius 3 is 2.20 bits per heavy atom. The predicted molar refractivity (Wildman–Crippen MR) is 55.5 cm³/mol. The van der Waals surface area contributed by atoms with Gasteiger partial charge in [-0.3, -0.25) is 0 Å². The van der Waals surface area contributed by atoms with Crippen LogP contribution in [-0.4, -0.2) is 6.04 Å². The average molecular weight is 240 g/mol. The van der Waals surface area contributed by atoms with Crippen LogP contribution in [0.3, 0.4) is 0 Å². The zero-order chi connectivity index (χ0) is 10.7. The van der Waals surface area contributed by atoms with Crippen LogP contribution in [0.5, 0.6) is 0 Å². The largest absolute Gasteiger partial charge is 0.327 e. The van der Waals surface area contributed by atoms with Crippen LogP contribution in [0.4, 0.5) is 13.2 Å². The standard InChI is InChI=1S/C10H12F3N.ClH/c1-2-7(14)3-6-4-9(12)10(13)5-8(6)11;/h4-5,7H,2-3,14H2,1H3;1H. The molecule has 0 amide bonds. The van der Waals surface area contributed by atoms with Crippen LogP contribution in [0.1, 0.15) is 18.9 Å². The van der Waals surface area contributed by atoms with Gasteiger partial charge in [0.15, 0.2) is 11.6 Å². The summed E-state index contributed by atoms with van der Waals surface area (Å²) in [6.45, 7) is 1.85. The van der Waals surface area contributed by atoms with Crippen LogP contribution in [0.2, 0.25) is 0 Å². The number of hydrogen-bond donors (Lipinski definition) is 1. The first-order valence-corrected chi connectivity index (χ1v) is 4.43. The van der Waals surface area contributed by atoms with E-state index in [0.717, 1.165) is 6.07 Å². The highest BCUT2D eigenvalue weighted by Crippen LogP contribution is 2.15. The lowest BCUT2D eigenvalue weighted by atomic mass is 10.0. The molecule has 0 bridgehead atoms. The Bertz CT molecular complexity index is 331. The molecule has 1 aromatic carbocycles. The fraction of sp³-hybridized carbons (Fsp3) is 0.400. The number of benzene rings is 1. The van der Waals surface area contributed by atoms with Gasteiger partial charge >= 0.3 is 0 Å². The summed E-state index contributed by atoms with van der Waals surface area (Å²) in [6, 6.07) is 1.18. The van der Waals surface area contributed by atoms with Crippen molar-refractivity contribution in [3.8, 4) is 0 Å². The molecule has 0 aliphatic carbocycles. The van der Waals surface area contributed by atoms with E-state index in [1.165, 1.54) is 0 Å². The minimum absolute atomic E-state index is 0. The van der Waals surface area contributed by atoms with Crippen LogP contribution in [0, 0.1) is 17.5 Å². The van der Waals surface area contributed by atoms with Gasteiger partial charge in [-0.05, 0) is 24.5 Å². The topological polar surface area (TPSA) is 26.0 Å². The maximum atomic E-state index is 13.1. The smallest absolute Gasteiger partial charge is 0.161 e. The van der Waals surface area contributed by atoms with Crippen molar-refractivity contribution in [2.75, 3.05) is 0 Å². The minimum Gasteiger partial charge on any atom is -0.327 e. The van der Waals surface area contributed by atoms with Gasteiger partial charge in [0.05, 0.1) is 0 Å². The van der Waals surface area contributed by atoms with Crippen LogP contribution >= 0.6 is 12.4 Å². The van der Waals surface area contributed by atoms with E-state index in [1.807, 2.05) is 6.92 Å². The lowest BCUT2D eigenvalue weighted by Gasteiger charge is -2.09. The van der Waals surface area contributed by atoms with E-state index in [9.17, 15) is 13.2 Å².